The summed E-state index contributed by atoms with van der Waals surface area (Å²) in [6.07, 6.45) is 0. The van der Waals surface area contributed by atoms with Crippen molar-refractivity contribution in [2.45, 2.75) is 26.8 Å². The van der Waals surface area contributed by atoms with Crippen molar-refractivity contribution >= 4 is 23.6 Å². The number of allylic oxidation sites excluding steroid dienone is 1. The molecule has 0 spiro atoms. The van der Waals surface area contributed by atoms with E-state index in [1.165, 1.54) is 30.2 Å². The number of esters is 1. The lowest BCUT2D eigenvalue weighted by Gasteiger charge is -2.36. The molecule has 1 aromatic carbocycles. The van der Waals surface area contributed by atoms with Gasteiger partial charge in [0.05, 0.1) is 18.7 Å². The molecular formula is C17H20ClFN2O3. The van der Waals surface area contributed by atoms with E-state index in [9.17, 15) is 14.0 Å². The van der Waals surface area contributed by atoms with Gasteiger partial charge in [0.15, 0.2) is 0 Å². The van der Waals surface area contributed by atoms with Gasteiger partial charge in [0.1, 0.15) is 5.82 Å². The molecule has 2 amide bonds. The first kappa shape index (κ1) is 18.3. The first-order chi connectivity index (χ1) is 11.3. The monoisotopic (exact) mass is 354 g/mol. The van der Waals surface area contributed by atoms with Crippen molar-refractivity contribution in [3.05, 3.63) is 45.9 Å². The molecular weight excluding hydrogens is 335 g/mol. The standard InChI is InChI=1S/C17H20ClFN2O3/c1-9(2)8-21-10(3)13(16(22)24-4)15(20-17(21)23)14-11(18)6-5-7-12(14)19/h5-7,9,15H,8H2,1-4H3,(H,20,23)/t15-/m1/s1. The number of nitrogens with one attached hydrogen (secondary N) is 1. The Kier molecular flexibility index (Phi) is 5.49. The van der Waals surface area contributed by atoms with Crippen molar-refractivity contribution in [1.82, 2.24) is 10.2 Å². The highest BCUT2D eigenvalue weighted by molar-refractivity contribution is 6.31. The van der Waals surface area contributed by atoms with E-state index in [2.05, 4.69) is 5.32 Å². The number of urea groups is 1. The van der Waals surface area contributed by atoms with Crippen LogP contribution in [0.4, 0.5) is 9.18 Å². The fourth-order valence-corrected chi connectivity index (χ4v) is 3.02. The van der Waals surface area contributed by atoms with Crippen LogP contribution in [0.15, 0.2) is 29.5 Å². The summed E-state index contributed by atoms with van der Waals surface area (Å²) < 4.78 is 19.2. The molecule has 1 aliphatic rings. The highest BCUT2D eigenvalue weighted by Crippen LogP contribution is 2.36. The van der Waals surface area contributed by atoms with Crippen molar-refractivity contribution in [1.29, 1.82) is 0 Å². The van der Waals surface area contributed by atoms with Crippen LogP contribution in [0, 0.1) is 11.7 Å². The summed E-state index contributed by atoms with van der Waals surface area (Å²) in [5, 5.41) is 2.80. The number of benzene rings is 1. The van der Waals surface area contributed by atoms with Gasteiger partial charge in [-0.1, -0.05) is 31.5 Å². The number of methoxy groups -OCH3 is 1. The summed E-state index contributed by atoms with van der Waals surface area (Å²) in [4.78, 5) is 26.2. The minimum Gasteiger partial charge on any atom is -0.466 e. The maximum Gasteiger partial charge on any atom is 0.337 e. The zero-order valence-corrected chi connectivity index (χ0v) is 14.8. The second-order valence-electron chi connectivity index (χ2n) is 6.01. The van der Waals surface area contributed by atoms with Crippen LogP contribution in [-0.4, -0.2) is 30.6 Å². The largest absolute Gasteiger partial charge is 0.466 e. The highest BCUT2D eigenvalue weighted by Gasteiger charge is 2.38. The average Bonchev–Trinajstić information content (AvgIpc) is 2.50. The SMILES string of the molecule is COC(=O)C1=C(C)N(CC(C)C)C(=O)N[C@H]1c1c(F)cccc1Cl. The Labute approximate surface area is 145 Å². The third kappa shape index (κ3) is 3.38. The lowest BCUT2D eigenvalue weighted by molar-refractivity contribution is -0.136. The van der Waals surface area contributed by atoms with E-state index in [1.54, 1.807) is 6.92 Å². The normalized spacial score (nSPS) is 18.0. The summed E-state index contributed by atoms with van der Waals surface area (Å²) in [5.74, 6) is -1.04. The number of hydrogen-bond donors (Lipinski definition) is 1. The van der Waals surface area contributed by atoms with E-state index in [0.717, 1.165) is 0 Å². The van der Waals surface area contributed by atoms with Gasteiger partial charge in [-0.15, -0.1) is 0 Å². The molecule has 7 heteroatoms. The lowest BCUT2D eigenvalue weighted by Crippen LogP contribution is -2.49. The van der Waals surface area contributed by atoms with Crippen molar-refractivity contribution in [3.8, 4) is 0 Å². The summed E-state index contributed by atoms with van der Waals surface area (Å²) in [7, 11) is 1.24. The van der Waals surface area contributed by atoms with Crippen molar-refractivity contribution in [2.75, 3.05) is 13.7 Å². The van der Waals surface area contributed by atoms with E-state index < -0.39 is 23.9 Å². The maximum absolute atomic E-state index is 14.3. The van der Waals surface area contributed by atoms with E-state index in [1.807, 2.05) is 13.8 Å². The average molecular weight is 355 g/mol. The zero-order valence-electron chi connectivity index (χ0n) is 14.0. The summed E-state index contributed by atoms with van der Waals surface area (Å²) in [5.41, 5.74) is 0.657. The topological polar surface area (TPSA) is 58.6 Å². The van der Waals surface area contributed by atoms with Gasteiger partial charge in [-0.3, -0.25) is 4.90 Å². The molecule has 0 bridgehead atoms. The smallest absolute Gasteiger partial charge is 0.337 e. The summed E-state index contributed by atoms with van der Waals surface area (Å²) in [6, 6.07) is 2.81. The van der Waals surface area contributed by atoms with Crippen LogP contribution in [0.3, 0.4) is 0 Å². The Balaban J connectivity index is 2.61. The molecule has 1 heterocycles. The quantitative estimate of drug-likeness (QED) is 0.840. The van der Waals surface area contributed by atoms with Crippen LogP contribution < -0.4 is 5.32 Å². The molecule has 0 radical (unpaired) electrons. The second kappa shape index (κ2) is 7.21. The Morgan fingerprint density at radius 2 is 2.12 bits per heavy atom. The molecule has 24 heavy (non-hydrogen) atoms. The van der Waals surface area contributed by atoms with Crippen LogP contribution in [0.25, 0.3) is 0 Å². The number of carbonyl (C=O) groups is 2. The van der Waals surface area contributed by atoms with Crippen molar-refractivity contribution < 1.29 is 18.7 Å². The molecule has 0 aliphatic carbocycles. The fourth-order valence-electron chi connectivity index (χ4n) is 2.74. The number of ether oxygens (including phenoxy) is 1. The van der Waals surface area contributed by atoms with Crippen LogP contribution in [0.1, 0.15) is 32.4 Å². The minimum absolute atomic E-state index is 0.0523. The third-order valence-corrected chi connectivity index (χ3v) is 4.17. The Bertz CT molecular complexity index is 683. The number of amides is 2. The van der Waals surface area contributed by atoms with E-state index in [0.29, 0.717) is 12.2 Å². The molecule has 0 saturated heterocycles. The highest BCUT2D eigenvalue weighted by atomic mass is 35.5. The van der Waals surface area contributed by atoms with Gasteiger partial charge in [-0.2, -0.15) is 0 Å². The fraction of sp³-hybridized carbons (Fsp3) is 0.412. The Morgan fingerprint density at radius 3 is 2.67 bits per heavy atom. The molecule has 0 aromatic heterocycles. The molecule has 1 aliphatic heterocycles. The molecule has 1 N–H and O–H groups in total. The molecule has 0 saturated carbocycles. The van der Waals surface area contributed by atoms with E-state index in [4.69, 9.17) is 16.3 Å². The molecule has 5 nitrogen and oxygen atoms in total. The van der Waals surface area contributed by atoms with Gasteiger partial charge in [0, 0.05) is 22.8 Å². The summed E-state index contributed by atoms with van der Waals surface area (Å²) in [6.45, 7) is 5.99. The van der Waals surface area contributed by atoms with E-state index >= 15 is 0 Å². The molecule has 1 aromatic rings. The zero-order chi connectivity index (χ0) is 18.0. The Morgan fingerprint density at radius 1 is 1.46 bits per heavy atom. The van der Waals surface area contributed by atoms with Gasteiger partial charge < -0.3 is 10.1 Å². The predicted molar refractivity (Wildman–Crippen MR) is 88.9 cm³/mol. The second-order valence-corrected chi connectivity index (χ2v) is 6.42. The molecule has 1 atom stereocenters. The van der Waals surface area contributed by atoms with Gasteiger partial charge in [-0.25, -0.2) is 14.0 Å². The maximum atomic E-state index is 14.3. The van der Waals surface area contributed by atoms with Gasteiger partial charge in [-0.05, 0) is 25.0 Å². The number of rotatable bonds is 4. The number of hydrogen-bond acceptors (Lipinski definition) is 3. The van der Waals surface area contributed by atoms with Crippen molar-refractivity contribution in [3.63, 3.8) is 0 Å². The molecule has 0 fully saturated rings. The number of carbonyl (C=O) groups excluding carboxylic acids is 2. The van der Waals surface area contributed by atoms with Crippen LogP contribution >= 0.6 is 11.6 Å². The van der Waals surface area contributed by atoms with Gasteiger partial charge in [0.2, 0.25) is 0 Å². The first-order valence-electron chi connectivity index (χ1n) is 7.59. The first-order valence-corrected chi connectivity index (χ1v) is 7.96. The molecule has 2 rings (SSSR count). The van der Waals surface area contributed by atoms with Crippen LogP contribution in [-0.2, 0) is 9.53 Å². The summed E-state index contributed by atoms with van der Waals surface area (Å²) >= 11 is 6.11. The van der Waals surface area contributed by atoms with Gasteiger partial charge >= 0.3 is 12.0 Å². The number of nitrogens with zero attached hydrogens (tertiary/aromatic N) is 1. The predicted octanol–water partition coefficient (Wildman–Crippen LogP) is 3.65. The van der Waals surface area contributed by atoms with Gasteiger partial charge in [0.25, 0.3) is 0 Å². The minimum atomic E-state index is -0.998. The van der Waals surface area contributed by atoms with Crippen LogP contribution in [0.5, 0.6) is 0 Å². The lowest BCUT2D eigenvalue weighted by atomic mass is 9.94. The Hall–Kier alpha value is -2.08. The van der Waals surface area contributed by atoms with E-state index in [-0.39, 0.29) is 22.1 Å². The molecule has 0 unspecified atom stereocenters. The van der Waals surface area contributed by atoms with Crippen LogP contribution in [0.2, 0.25) is 5.02 Å². The molecule has 130 valence electrons. The third-order valence-electron chi connectivity index (χ3n) is 3.84. The van der Waals surface area contributed by atoms with Crippen molar-refractivity contribution in [2.24, 2.45) is 5.92 Å². The number of halogens is 2.